The van der Waals surface area contributed by atoms with Gasteiger partial charge in [0.25, 0.3) is 0 Å². The molecule has 18 heteroatoms. The lowest BCUT2D eigenvalue weighted by Gasteiger charge is -2.61. The summed E-state index contributed by atoms with van der Waals surface area (Å²) in [6.45, 7) is 2.61. The van der Waals surface area contributed by atoms with Gasteiger partial charge < -0.3 is 58.9 Å². The molecule has 0 radical (unpaired) electrons. The summed E-state index contributed by atoms with van der Waals surface area (Å²) in [4.78, 5) is 75.5. The molecule has 9 atom stereocenters. The standard InChI is InChI=1S/C32H37NO17/c1-13(26(37)38)46-28(41)14(2)47-29(42)18(49-30(43)23(36)22(35)27(39)40)12-20(34)48-17-7-8-32(44)19-11-15-5-6-16(45-4)24-21(15)31(32,25(17)50-24)9-10-33(19)3/h5-7,13-14,18-19,22-23,25,35-36,44H,8-12H2,1-4H3,(H,37,38)(H,39,40)/t13-,14-,18-,19+,22+,23+,25-,31-,32+/m0/s1. The molecule has 1 spiro atoms. The van der Waals surface area contributed by atoms with Crippen LogP contribution in [0, 0.1) is 0 Å². The SMILES string of the molecule is COc1ccc2c3c1O[C@H]1C(OC(=O)C[C@H](OC(=O)[C@H](O)[C@@H](O)C(=O)O)C(=O)O[C@@H](C)C(=O)O[C@@H](C)C(=O)O)=CC[C@@]4(O)[C@@H](C2)N(C)CC[C@]314. The maximum atomic E-state index is 13.4. The number of methoxy groups -OCH3 is 1. The van der Waals surface area contributed by atoms with Crippen LogP contribution < -0.4 is 9.47 Å². The molecule has 0 aromatic heterocycles. The molecule has 2 aliphatic carbocycles. The fraction of sp³-hybridized carbons (Fsp3) is 0.562. The second-order valence-electron chi connectivity index (χ2n) is 12.6. The van der Waals surface area contributed by atoms with Gasteiger partial charge in [-0.2, -0.15) is 0 Å². The zero-order valence-electron chi connectivity index (χ0n) is 27.4. The molecule has 1 fully saturated rings. The van der Waals surface area contributed by atoms with E-state index in [2.05, 4.69) is 9.64 Å². The normalized spacial score (nSPS) is 27.5. The average molecular weight is 708 g/mol. The second-order valence-corrected chi connectivity index (χ2v) is 12.6. The third-order valence-electron chi connectivity index (χ3n) is 9.72. The molecule has 5 N–H and O–H groups in total. The molecule has 2 heterocycles. The number of piperidine rings is 1. The van der Waals surface area contributed by atoms with Crippen LogP contribution in [-0.4, -0.2) is 135 Å². The predicted octanol–water partition coefficient (Wildman–Crippen LogP) is -1.43. The highest BCUT2D eigenvalue weighted by molar-refractivity contribution is 5.89. The predicted molar refractivity (Wildman–Crippen MR) is 160 cm³/mol. The number of benzene rings is 1. The summed E-state index contributed by atoms with van der Waals surface area (Å²) in [7, 11) is 3.37. The maximum Gasteiger partial charge on any atom is 0.348 e. The molecule has 272 valence electrons. The first kappa shape index (κ1) is 36.5. The highest BCUT2D eigenvalue weighted by Gasteiger charge is 2.72. The van der Waals surface area contributed by atoms with Gasteiger partial charge in [0.2, 0.25) is 6.10 Å². The second kappa shape index (κ2) is 13.5. The minimum atomic E-state index is -2.70. The largest absolute Gasteiger partial charge is 0.493 e. The molecular formula is C32H37NO17. The van der Waals surface area contributed by atoms with Crippen molar-refractivity contribution in [3.8, 4) is 11.5 Å². The number of esters is 4. The summed E-state index contributed by atoms with van der Waals surface area (Å²) in [5.74, 6) is -8.64. The van der Waals surface area contributed by atoms with E-state index < -0.39 is 89.9 Å². The van der Waals surface area contributed by atoms with Crippen LogP contribution in [0.25, 0.3) is 0 Å². The van der Waals surface area contributed by atoms with Crippen LogP contribution in [-0.2, 0) is 59.6 Å². The number of hydrogen-bond donors (Lipinski definition) is 5. The lowest BCUT2D eigenvalue weighted by molar-refractivity contribution is -0.188. The minimum absolute atomic E-state index is 0.0199. The van der Waals surface area contributed by atoms with Gasteiger partial charge in [-0.15, -0.1) is 0 Å². The van der Waals surface area contributed by atoms with Crippen molar-refractivity contribution in [3.63, 3.8) is 0 Å². The monoisotopic (exact) mass is 707 g/mol. The Bertz CT molecular complexity index is 1640. The summed E-state index contributed by atoms with van der Waals surface area (Å²) in [6.07, 6.45) is -10.7. The van der Waals surface area contributed by atoms with Crippen LogP contribution in [0.4, 0.5) is 0 Å². The van der Waals surface area contributed by atoms with Crippen molar-refractivity contribution in [2.24, 2.45) is 0 Å². The van der Waals surface area contributed by atoms with Crippen molar-refractivity contribution in [2.75, 3.05) is 20.7 Å². The zero-order chi connectivity index (χ0) is 36.9. The lowest BCUT2D eigenvalue weighted by Crippen LogP contribution is -2.74. The number of hydrogen-bond acceptors (Lipinski definition) is 16. The molecule has 0 amide bonds. The quantitative estimate of drug-likeness (QED) is 0.116. The first-order valence-corrected chi connectivity index (χ1v) is 15.6. The van der Waals surface area contributed by atoms with Crippen LogP contribution in [0.1, 0.15) is 44.2 Å². The molecular weight excluding hydrogens is 670 g/mol. The molecule has 18 nitrogen and oxygen atoms in total. The molecule has 50 heavy (non-hydrogen) atoms. The average Bonchev–Trinajstić information content (AvgIpc) is 3.42. The van der Waals surface area contributed by atoms with Gasteiger partial charge in [0.15, 0.2) is 42.0 Å². The molecule has 1 aromatic carbocycles. The number of likely N-dealkylation sites (tertiary alicyclic amines) is 1. The first-order chi connectivity index (χ1) is 23.5. The van der Waals surface area contributed by atoms with E-state index in [9.17, 15) is 44.1 Å². The summed E-state index contributed by atoms with van der Waals surface area (Å²) >= 11 is 0. The topological polar surface area (TPSA) is 262 Å². The van der Waals surface area contributed by atoms with E-state index in [0.717, 1.165) is 25.0 Å². The number of aliphatic carboxylic acids is 2. The number of carboxylic acid groups (broad SMARTS) is 2. The van der Waals surface area contributed by atoms with E-state index in [-0.39, 0.29) is 18.2 Å². The van der Waals surface area contributed by atoms with Crippen molar-refractivity contribution in [1.82, 2.24) is 4.90 Å². The summed E-state index contributed by atoms with van der Waals surface area (Å²) in [6, 6.07) is 3.35. The fourth-order valence-electron chi connectivity index (χ4n) is 7.18. The van der Waals surface area contributed by atoms with Gasteiger partial charge in [0, 0.05) is 18.0 Å². The number of carboxylic acids is 2. The minimum Gasteiger partial charge on any atom is -0.493 e. The first-order valence-electron chi connectivity index (χ1n) is 15.6. The van der Waals surface area contributed by atoms with E-state index in [1.165, 1.54) is 13.2 Å². The van der Waals surface area contributed by atoms with Gasteiger partial charge in [-0.05, 0) is 58.0 Å². The van der Waals surface area contributed by atoms with E-state index in [0.29, 0.717) is 30.9 Å². The number of aliphatic hydroxyl groups is 3. The third-order valence-corrected chi connectivity index (χ3v) is 9.72. The fourth-order valence-corrected chi connectivity index (χ4v) is 7.18. The molecule has 4 aliphatic rings. The van der Waals surface area contributed by atoms with Gasteiger partial charge in [-0.1, -0.05) is 6.07 Å². The summed E-state index contributed by atoms with van der Waals surface area (Å²) < 4.78 is 32.1. The number of nitrogens with zero attached hydrogens (tertiary/aromatic N) is 1. The van der Waals surface area contributed by atoms with Crippen molar-refractivity contribution in [2.45, 2.75) is 93.2 Å². The van der Waals surface area contributed by atoms with Gasteiger partial charge in [-0.25, -0.2) is 24.0 Å². The van der Waals surface area contributed by atoms with Crippen LogP contribution >= 0.6 is 0 Å². The van der Waals surface area contributed by atoms with Gasteiger partial charge in [0.05, 0.1) is 24.5 Å². The third kappa shape index (κ3) is 6.01. The molecule has 0 saturated carbocycles. The van der Waals surface area contributed by atoms with Crippen molar-refractivity contribution < 1.29 is 82.7 Å². The highest BCUT2D eigenvalue weighted by Crippen LogP contribution is 2.65. The van der Waals surface area contributed by atoms with Crippen LogP contribution in [0.15, 0.2) is 24.0 Å². The highest BCUT2D eigenvalue weighted by atomic mass is 16.6. The number of carbonyl (C=O) groups is 6. The van der Waals surface area contributed by atoms with Gasteiger partial charge in [-0.3, -0.25) is 4.79 Å². The number of ether oxygens (including phenoxy) is 6. The zero-order valence-corrected chi connectivity index (χ0v) is 27.4. The van der Waals surface area contributed by atoms with E-state index in [4.69, 9.17) is 33.9 Å². The van der Waals surface area contributed by atoms with Crippen LogP contribution in [0.3, 0.4) is 0 Å². The molecule has 5 rings (SSSR count). The molecule has 0 unspecified atom stereocenters. The van der Waals surface area contributed by atoms with Gasteiger partial charge >= 0.3 is 35.8 Å². The van der Waals surface area contributed by atoms with E-state index in [1.807, 2.05) is 13.1 Å². The summed E-state index contributed by atoms with van der Waals surface area (Å²) in [5.41, 5.74) is -0.720. The maximum absolute atomic E-state index is 13.4. The molecule has 2 bridgehead atoms. The van der Waals surface area contributed by atoms with Crippen molar-refractivity contribution >= 4 is 35.8 Å². The van der Waals surface area contributed by atoms with E-state index in [1.54, 1.807) is 6.07 Å². The van der Waals surface area contributed by atoms with Gasteiger partial charge in [0.1, 0.15) is 5.76 Å². The Morgan fingerprint density at radius 1 is 0.960 bits per heavy atom. The Labute approximate surface area is 284 Å². The molecule has 2 aliphatic heterocycles. The van der Waals surface area contributed by atoms with Crippen LogP contribution in [0.5, 0.6) is 11.5 Å². The number of carbonyl (C=O) groups excluding carboxylic acids is 4. The number of aliphatic hydroxyl groups excluding tert-OH is 2. The Hall–Kier alpha value is -4.78. The Morgan fingerprint density at radius 3 is 2.28 bits per heavy atom. The lowest BCUT2D eigenvalue weighted by atomic mass is 9.50. The Balaban J connectivity index is 1.39. The van der Waals surface area contributed by atoms with Crippen molar-refractivity contribution in [1.29, 1.82) is 0 Å². The van der Waals surface area contributed by atoms with Crippen molar-refractivity contribution in [3.05, 3.63) is 35.1 Å². The van der Waals surface area contributed by atoms with Crippen LogP contribution in [0.2, 0.25) is 0 Å². The number of rotatable bonds is 13. The Kier molecular flexibility index (Phi) is 9.86. The molecule has 1 aromatic rings. The summed E-state index contributed by atoms with van der Waals surface area (Å²) in [5, 5.41) is 49.8. The Morgan fingerprint density at radius 2 is 1.64 bits per heavy atom. The molecule has 1 saturated heterocycles. The number of likely N-dealkylation sites (N-methyl/N-ethyl adjacent to an activating group) is 1. The van der Waals surface area contributed by atoms with E-state index >= 15 is 0 Å². The smallest absolute Gasteiger partial charge is 0.348 e.